The lowest BCUT2D eigenvalue weighted by atomic mass is 10.1. The molecule has 2 rings (SSSR count). The lowest BCUT2D eigenvalue weighted by molar-refractivity contribution is 0.412. The molecule has 2 N–H and O–H groups in total. The first-order valence-corrected chi connectivity index (χ1v) is 6.75. The minimum atomic E-state index is 0.408. The highest BCUT2D eigenvalue weighted by atomic mass is 32.1. The molecule has 96 valence electrons. The van der Waals surface area contributed by atoms with Gasteiger partial charge in [-0.05, 0) is 30.7 Å². The van der Waals surface area contributed by atoms with E-state index in [1.807, 2.05) is 19.1 Å². The van der Waals surface area contributed by atoms with E-state index < -0.39 is 0 Å². The molecule has 18 heavy (non-hydrogen) atoms. The Hall–Kier alpha value is -1.55. The van der Waals surface area contributed by atoms with E-state index in [0.717, 1.165) is 32.6 Å². The Morgan fingerprint density at radius 1 is 1.33 bits per heavy atom. The highest BCUT2D eigenvalue weighted by molar-refractivity contribution is 7.16. The van der Waals surface area contributed by atoms with E-state index >= 15 is 0 Å². The first-order valence-electron chi connectivity index (χ1n) is 5.94. The number of nitrogens with zero attached hydrogens (tertiary/aromatic N) is 1. The van der Waals surface area contributed by atoms with Gasteiger partial charge in [-0.2, -0.15) is 0 Å². The van der Waals surface area contributed by atoms with Crippen LogP contribution in [-0.2, 0) is 0 Å². The van der Waals surface area contributed by atoms with E-state index in [-0.39, 0.29) is 0 Å². The quantitative estimate of drug-likeness (QED) is 0.914. The molecule has 1 aromatic heterocycles. The van der Waals surface area contributed by atoms with Crippen molar-refractivity contribution in [2.24, 2.45) is 0 Å². The summed E-state index contributed by atoms with van der Waals surface area (Å²) in [6.07, 6.45) is 0. The molecule has 0 unspecified atom stereocenters. The summed E-state index contributed by atoms with van der Waals surface area (Å²) in [5.74, 6) is 1.29. The molecule has 0 atom stereocenters. The summed E-state index contributed by atoms with van der Waals surface area (Å²) in [4.78, 5) is 4.63. The van der Waals surface area contributed by atoms with Crippen molar-refractivity contribution in [3.63, 3.8) is 0 Å². The minimum Gasteiger partial charge on any atom is -0.496 e. The van der Waals surface area contributed by atoms with E-state index in [9.17, 15) is 0 Å². The van der Waals surface area contributed by atoms with Crippen molar-refractivity contribution in [3.05, 3.63) is 28.8 Å². The first-order chi connectivity index (χ1) is 8.52. The van der Waals surface area contributed by atoms with E-state index in [2.05, 4.69) is 24.9 Å². The van der Waals surface area contributed by atoms with Crippen molar-refractivity contribution in [1.82, 2.24) is 4.98 Å². The summed E-state index contributed by atoms with van der Waals surface area (Å²) in [6.45, 7) is 6.27. The Labute approximate surface area is 112 Å². The molecule has 0 fully saturated rings. The number of ether oxygens (including phenoxy) is 1. The standard InChI is InChI=1S/C14H18N2OS/c1-8(2)14-16-12(13(15)18-14)10-5-6-11(17-4)9(3)7-10/h5-8H,15H2,1-4H3. The highest BCUT2D eigenvalue weighted by Crippen LogP contribution is 2.35. The summed E-state index contributed by atoms with van der Waals surface area (Å²) in [5, 5.41) is 1.86. The Balaban J connectivity index is 2.45. The summed E-state index contributed by atoms with van der Waals surface area (Å²) in [7, 11) is 1.68. The molecule has 0 amide bonds. The van der Waals surface area contributed by atoms with Gasteiger partial charge in [0.25, 0.3) is 0 Å². The molecule has 1 aromatic carbocycles. The van der Waals surface area contributed by atoms with Crippen LogP contribution in [-0.4, -0.2) is 12.1 Å². The second kappa shape index (κ2) is 4.98. The van der Waals surface area contributed by atoms with E-state index in [4.69, 9.17) is 10.5 Å². The molecule has 1 heterocycles. The second-order valence-corrected chi connectivity index (χ2v) is 5.67. The van der Waals surface area contributed by atoms with Crippen LogP contribution in [0.3, 0.4) is 0 Å². The predicted octanol–water partition coefficient (Wildman–Crippen LogP) is 3.83. The predicted molar refractivity (Wildman–Crippen MR) is 77.3 cm³/mol. The van der Waals surface area contributed by atoms with E-state index in [1.165, 1.54) is 0 Å². The van der Waals surface area contributed by atoms with Gasteiger partial charge in [-0.15, -0.1) is 11.3 Å². The van der Waals surface area contributed by atoms with E-state index in [0.29, 0.717) is 5.92 Å². The zero-order chi connectivity index (χ0) is 13.3. The third kappa shape index (κ3) is 2.34. The van der Waals surface area contributed by atoms with Gasteiger partial charge in [0.05, 0.1) is 12.1 Å². The van der Waals surface area contributed by atoms with Crippen molar-refractivity contribution >= 4 is 16.3 Å². The van der Waals surface area contributed by atoms with Crippen LogP contribution in [0.2, 0.25) is 0 Å². The lowest BCUT2D eigenvalue weighted by Gasteiger charge is -2.06. The second-order valence-electron chi connectivity index (χ2n) is 4.60. The fourth-order valence-corrected chi connectivity index (χ4v) is 2.69. The minimum absolute atomic E-state index is 0.408. The summed E-state index contributed by atoms with van der Waals surface area (Å²) < 4.78 is 5.26. The Morgan fingerprint density at radius 3 is 2.56 bits per heavy atom. The Kier molecular flexibility index (Phi) is 3.57. The number of methoxy groups -OCH3 is 1. The summed E-state index contributed by atoms with van der Waals surface area (Å²) in [5.41, 5.74) is 9.08. The van der Waals surface area contributed by atoms with Gasteiger partial charge in [-0.1, -0.05) is 13.8 Å². The molecule has 0 aliphatic carbocycles. The van der Waals surface area contributed by atoms with Gasteiger partial charge in [-0.3, -0.25) is 0 Å². The monoisotopic (exact) mass is 262 g/mol. The smallest absolute Gasteiger partial charge is 0.121 e. The largest absolute Gasteiger partial charge is 0.496 e. The zero-order valence-electron chi connectivity index (χ0n) is 11.2. The molecule has 0 saturated heterocycles. The van der Waals surface area contributed by atoms with Gasteiger partial charge in [0.1, 0.15) is 16.4 Å². The third-order valence-electron chi connectivity index (χ3n) is 2.83. The van der Waals surface area contributed by atoms with Gasteiger partial charge in [0, 0.05) is 11.5 Å². The van der Waals surface area contributed by atoms with Gasteiger partial charge >= 0.3 is 0 Å². The molecule has 0 saturated carbocycles. The van der Waals surface area contributed by atoms with Crippen LogP contribution in [0.15, 0.2) is 18.2 Å². The average Bonchev–Trinajstić information content (AvgIpc) is 2.71. The average molecular weight is 262 g/mol. The molecule has 0 spiro atoms. The fraction of sp³-hybridized carbons (Fsp3) is 0.357. The van der Waals surface area contributed by atoms with Crippen LogP contribution in [0, 0.1) is 6.92 Å². The number of hydrogen-bond donors (Lipinski definition) is 1. The maximum Gasteiger partial charge on any atom is 0.121 e. The Morgan fingerprint density at radius 2 is 2.06 bits per heavy atom. The number of nitrogens with two attached hydrogens (primary N) is 1. The molecule has 0 bridgehead atoms. The van der Waals surface area contributed by atoms with Crippen molar-refractivity contribution in [2.75, 3.05) is 12.8 Å². The maximum atomic E-state index is 6.06. The van der Waals surface area contributed by atoms with Gasteiger partial charge < -0.3 is 10.5 Å². The van der Waals surface area contributed by atoms with Crippen molar-refractivity contribution in [3.8, 4) is 17.0 Å². The molecule has 0 radical (unpaired) electrons. The maximum absolute atomic E-state index is 6.06. The number of benzene rings is 1. The lowest BCUT2D eigenvalue weighted by Crippen LogP contribution is -1.91. The molecule has 0 aliphatic rings. The zero-order valence-corrected chi connectivity index (χ0v) is 12.0. The first kappa shape index (κ1) is 12.9. The summed E-state index contributed by atoms with van der Waals surface area (Å²) >= 11 is 1.57. The van der Waals surface area contributed by atoms with Crippen molar-refractivity contribution in [2.45, 2.75) is 26.7 Å². The van der Waals surface area contributed by atoms with Crippen molar-refractivity contribution in [1.29, 1.82) is 0 Å². The van der Waals surface area contributed by atoms with Crippen LogP contribution in [0.1, 0.15) is 30.3 Å². The molecular formula is C14H18N2OS. The number of aryl methyl sites for hydroxylation is 1. The molecule has 4 heteroatoms. The van der Waals surface area contributed by atoms with Crippen LogP contribution in [0.4, 0.5) is 5.00 Å². The fourth-order valence-electron chi connectivity index (χ4n) is 1.83. The van der Waals surface area contributed by atoms with Gasteiger partial charge in [-0.25, -0.2) is 4.98 Å². The Bertz CT molecular complexity index is 561. The number of aromatic nitrogens is 1. The number of nitrogen functional groups attached to an aromatic ring is 1. The van der Waals surface area contributed by atoms with Gasteiger partial charge in [0.2, 0.25) is 0 Å². The molecule has 0 aliphatic heterocycles. The third-order valence-corrected chi connectivity index (χ3v) is 4.02. The van der Waals surface area contributed by atoms with Crippen molar-refractivity contribution < 1.29 is 4.74 Å². The topological polar surface area (TPSA) is 48.1 Å². The molecule has 2 aromatic rings. The number of anilines is 1. The van der Waals surface area contributed by atoms with E-state index in [1.54, 1.807) is 18.4 Å². The SMILES string of the molecule is COc1ccc(-c2nc(C(C)C)sc2N)cc1C. The highest BCUT2D eigenvalue weighted by Gasteiger charge is 2.13. The van der Waals surface area contributed by atoms with Crippen LogP contribution < -0.4 is 10.5 Å². The number of hydrogen-bond acceptors (Lipinski definition) is 4. The summed E-state index contributed by atoms with van der Waals surface area (Å²) in [6, 6.07) is 6.02. The van der Waals surface area contributed by atoms with Crippen LogP contribution >= 0.6 is 11.3 Å². The van der Waals surface area contributed by atoms with Gasteiger partial charge in [0.15, 0.2) is 0 Å². The molecular weight excluding hydrogens is 244 g/mol. The van der Waals surface area contributed by atoms with Crippen LogP contribution in [0.5, 0.6) is 5.75 Å². The van der Waals surface area contributed by atoms with Crippen LogP contribution in [0.25, 0.3) is 11.3 Å². The number of thiazole rings is 1. The molecule has 3 nitrogen and oxygen atoms in total. The normalized spacial score (nSPS) is 10.9. The number of rotatable bonds is 3.